The first-order chi connectivity index (χ1) is 14.7. The zero-order valence-corrected chi connectivity index (χ0v) is 17.0. The summed E-state index contributed by atoms with van der Waals surface area (Å²) < 4.78 is 41.5. The standard InChI is InChI=1S/C21H17FN4O4S/c1-12-10-13(22)6-8-16(12)23-20(27)15-4-2-3-5-17(15)26-31(29,30)14-7-9-18-19(11-14)25-21(28)24-18/h2-11,26H,1H3,(H,23,27)(H2,24,25,28). The Labute approximate surface area is 176 Å². The number of aromatic nitrogens is 2. The Balaban J connectivity index is 1.64. The number of aryl methyl sites for hydroxylation is 1. The molecule has 3 aromatic carbocycles. The fraction of sp³-hybridized carbons (Fsp3) is 0.0476. The lowest BCUT2D eigenvalue weighted by atomic mass is 10.1. The third kappa shape index (κ3) is 4.19. The Hall–Kier alpha value is -3.92. The lowest BCUT2D eigenvalue weighted by Crippen LogP contribution is -2.19. The zero-order valence-electron chi connectivity index (χ0n) is 16.2. The van der Waals surface area contributed by atoms with Crippen LogP contribution in [0.5, 0.6) is 0 Å². The summed E-state index contributed by atoms with van der Waals surface area (Å²) in [4.78, 5) is 29.2. The number of halogens is 1. The number of rotatable bonds is 5. The van der Waals surface area contributed by atoms with Crippen LogP contribution in [-0.2, 0) is 10.0 Å². The molecular weight excluding hydrogens is 423 g/mol. The number of H-pyrrole nitrogens is 2. The smallest absolute Gasteiger partial charge is 0.322 e. The number of carbonyl (C=O) groups is 1. The van der Waals surface area contributed by atoms with Crippen molar-refractivity contribution in [3.8, 4) is 0 Å². The molecule has 4 rings (SSSR count). The average Bonchev–Trinajstić information content (AvgIpc) is 3.09. The molecule has 0 saturated heterocycles. The van der Waals surface area contributed by atoms with E-state index in [0.29, 0.717) is 22.3 Å². The minimum Gasteiger partial charge on any atom is -0.322 e. The molecule has 0 aliphatic carbocycles. The van der Waals surface area contributed by atoms with Gasteiger partial charge in [-0.2, -0.15) is 0 Å². The Kier molecular flexibility index (Phi) is 5.07. The first-order valence-corrected chi connectivity index (χ1v) is 10.6. The number of hydrogen-bond donors (Lipinski definition) is 4. The van der Waals surface area contributed by atoms with Crippen LogP contribution in [-0.4, -0.2) is 24.3 Å². The van der Waals surface area contributed by atoms with Crippen molar-refractivity contribution in [3.63, 3.8) is 0 Å². The fourth-order valence-electron chi connectivity index (χ4n) is 3.11. The number of fused-ring (bicyclic) bond motifs is 1. The van der Waals surface area contributed by atoms with Gasteiger partial charge >= 0.3 is 5.69 Å². The minimum absolute atomic E-state index is 0.0717. The van der Waals surface area contributed by atoms with E-state index in [1.807, 2.05) is 0 Å². The normalized spacial score (nSPS) is 11.4. The van der Waals surface area contributed by atoms with Crippen molar-refractivity contribution in [1.82, 2.24) is 9.97 Å². The van der Waals surface area contributed by atoms with Gasteiger partial charge < -0.3 is 15.3 Å². The van der Waals surface area contributed by atoms with Gasteiger partial charge in [-0.15, -0.1) is 0 Å². The number of aromatic amines is 2. The molecule has 1 aromatic heterocycles. The van der Waals surface area contributed by atoms with E-state index in [1.54, 1.807) is 19.1 Å². The van der Waals surface area contributed by atoms with Crippen LogP contribution in [0.1, 0.15) is 15.9 Å². The summed E-state index contributed by atoms with van der Waals surface area (Å²) in [6.45, 7) is 1.65. The summed E-state index contributed by atoms with van der Waals surface area (Å²) in [5.74, 6) is -0.983. The molecule has 0 saturated carbocycles. The molecule has 4 aromatic rings. The number of nitrogens with one attached hydrogen (secondary N) is 4. The Morgan fingerprint density at radius 1 is 0.935 bits per heavy atom. The molecule has 31 heavy (non-hydrogen) atoms. The second kappa shape index (κ2) is 7.73. The zero-order chi connectivity index (χ0) is 22.2. The molecule has 0 unspecified atom stereocenters. The van der Waals surface area contributed by atoms with Crippen LogP contribution in [0, 0.1) is 12.7 Å². The molecule has 158 valence electrons. The van der Waals surface area contributed by atoms with Crippen LogP contribution < -0.4 is 15.7 Å². The summed E-state index contributed by atoms with van der Waals surface area (Å²) in [6.07, 6.45) is 0. The molecule has 0 spiro atoms. The van der Waals surface area contributed by atoms with Crippen LogP contribution in [0.25, 0.3) is 11.0 Å². The molecule has 4 N–H and O–H groups in total. The summed E-state index contributed by atoms with van der Waals surface area (Å²) in [7, 11) is -4.05. The third-order valence-electron chi connectivity index (χ3n) is 4.65. The fourth-order valence-corrected chi connectivity index (χ4v) is 4.22. The SMILES string of the molecule is Cc1cc(F)ccc1NC(=O)c1ccccc1NS(=O)(=O)c1ccc2[nH]c(=O)[nH]c2c1. The highest BCUT2D eigenvalue weighted by Gasteiger charge is 2.20. The number of para-hydroxylation sites is 1. The highest BCUT2D eigenvalue weighted by atomic mass is 32.2. The molecule has 0 bridgehead atoms. The molecule has 0 aliphatic rings. The highest BCUT2D eigenvalue weighted by Crippen LogP contribution is 2.24. The van der Waals surface area contributed by atoms with Crippen molar-refractivity contribution in [2.75, 3.05) is 10.0 Å². The number of benzene rings is 3. The van der Waals surface area contributed by atoms with Crippen LogP contribution in [0.4, 0.5) is 15.8 Å². The lowest BCUT2D eigenvalue weighted by Gasteiger charge is -2.14. The molecule has 1 amide bonds. The van der Waals surface area contributed by atoms with E-state index in [0.717, 1.165) is 0 Å². The predicted molar refractivity (Wildman–Crippen MR) is 115 cm³/mol. The van der Waals surface area contributed by atoms with Gasteiger partial charge in [0.05, 0.1) is 27.2 Å². The molecule has 0 aliphatic heterocycles. The maximum absolute atomic E-state index is 13.3. The summed E-state index contributed by atoms with van der Waals surface area (Å²) in [5.41, 5.74) is 1.46. The van der Waals surface area contributed by atoms with Gasteiger partial charge in [-0.1, -0.05) is 12.1 Å². The van der Waals surface area contributed by atoms with Crippen molar-refractivity contribution in [1.29, 1.82) is 0 Å². The average molecular weight is 440 g/mol. The van der Waals surface area contributed by atoms with Crippen LogP contribution in [0.15, 0.2) is 70.4 Å². The van der Waals surface area contributed by atoms with Crippen molar-refractivity contribution < 1.29 is 17.6 Å². The van der Waals surface area contributed by atoms with E-state index in [4.69, 9.17) is 0 Å². The predicted octanol–water partition coefficient (Wildman–Crippen LogP) is 3.36. The maximum atomic E-state index is 13.3. The number of sulfonamides is 1. The molecule has 8 nitrogen and oxygen atoms in total. The molecule has 0 fully saturated rings. The van der Waals surface area contributed by atoms with E-state index in [2.05, 4.69) is 20.0 Å². The van der Waals surface area contributed by atoms with Crippen molar-refractivity contribution in [3.05, 3.63) is 88.1 Å². The topological polar surface area (TPSA) is 124 Å². The van der Waals surface area contributed by atoms with Gasteiger partial charge in [-0.25, -0.2) is 17.6 Å². The van der Waals surface area contributed by atoms with E-state index < -0.39 is 27.4 Å². The second-order valence-corrected chi connectivity index (χ2v) is 8.53. The highest BCUT2D eigenvalue weighted by molar-refractivity contribution is 7.92. The Bertz CT molecular complexity index is 1470. The van der Waals surface area contributed by atoms with Crippen LogP contribution in [0.3, 0.4) is 0 Å². The monoisotopic (exact) mass is 440 g/mol. The van der Waals surface area contributed by atoms with Gasteiger partial charge in [0.15, 0.2) is 0 Å². The van der Waals surface area contributed by atoms with Gasteiger partial charge in [-0.3, -0.25) is 9.52 Å². The number of imidazole rings is 1. The van der Waals surface area contributed by atoms with Crippen molar-refractivity contribution in [2.45, 2.75) is 11.8 Å². The molecule has 1 heterocycles. The van der Waals surface area contributed by atoms with Gasteiger partial charge in [-0.05, 0) is 61.0 Å². The molecular formula is C21H17FN4O4S. The van der Waals surface area contributed by atoms with E-state index >= 15 is 0 Å². The maximum Gasteiger partial charge on any atom is 0.323 e. The Morgan fingerprint density at radius 2 is 1.68 bits per heavy atom. The van der Waals surface area contributed by atoms with Gasteiger partial charge in [0.25, 0.3) is 15.9 Å². The van der Waals surface area contributed by atoms with Gasteiger partial charge in [0.1, 0.15) is 5.82 Å². The van der Waals surface area contributed by atoms with E-state index in [9.17, 15) is 22.4 Å². The van der Waals surface area contributed by atoms with Crippen LogP contribution >= 0.6 is 0 Å². The quantitative estimate of drug-likeness (QED) is 0.380. The summed E-state index contributed by atoms with van der Waals surface area (Å²) in [6, 6.07) is 14.2. The summed E-state index contributed by atoms with van der Waals surface area (Å²) in [5, 5.41) is 2.66. The number of hydrogen-bond acceptors (Lipinski definition) is 4. The lowest BCUT2D eigenvalue weighted by molar-refractivity contribution is 0.102. The van der Waals surface area contributed by atoms with E-state index in [1.165, 1.54) is 48.5 Å². The van der Waals surface area contributed by atoms with Crippen LogP contribution in [0.2, 0.25) is 0 Å². The molecule has 0 atom stereocenters. The van der Waals surface area contributed by atoms with Gasteiger partial charge in [0.2, 0.25) is 0 Å². The number of carbonyl (C=O) groups excluding carboxylic acids is 1. The first-order valence-electron chi connectivity index (χ1n) is 9.14. The molecule has 0 radical (unpaired) electrons. The second-order valence-electron chi connectivity index (χ2n) is 6.85. The number of amides is 1. The largest absolute Gasteiger partial charge is 0.323 e. The minimum atomic E-state index is -4.05. The van der Waals surface area contributed by atoms with Crippen molar-refractivity contribution >= 4 is 38.3 Å². The Morgan fingerprint density at radius 3 is 2.45 bits per heavy atom. The van der Waals surface area contributed by atoms with Gasteiger partial charge in [0, 0.05) is 5.69 Å². The molecule has 10 heteroatoms. The number of anilines is 2. The van der Waals surface area contributed by atoms with Crippen molar-refractivity contribution in [2.24, 2.45) is 0 Å². The first kappa shape index (κ1) is 20.4. The third-order valence-corrected chi connectivity index (χ3v) is 6.01. The summed E-state index contributed by atoms with van der Waals surface area (Å²) >= 11 is 0. The van der Waals surface area contributed by atoms with E-state index in [-0.39, 0.29) is 16.1 Å².